The molecule has 10 N–H and O–H groups in total. The Labute approximate surface area is 376 Å². The number of carbonyl (C=O) groups excluding carboxylic acids is 1. The van der Waals surface area contributed by atoms with Gasteiger partial charge in [-0.25, -0.2) is 0 Å². The van der Waals surface area contributed by atoms with Gasteiger partial charge in [0.15, 0.2) is 12.6 Å². The van der Waals surface area contributed by atoms with E-state index in [-0.39, 0.29) is 46.0 Å². The molecule has 0 aromatic heterocycles. The summed E-state index contributed by atoms with van der Waals surface area (Å²) in [6.45, 7) is 13.8. The monoisotopic (exact) mass is 913 g/mol. The highest BCUT2D eigenvalue weighted by atomic mass is 16.8. The van der Waals surface area contributed by atoms with Gasteiger partial charge in [0.05, 0.1) is 37.4 Å². The Morgan fingerprint density at radius 1 is 0.672 bits per heavy atom. The molecule has 366 valence electrons. The van der Waals surface area contributed by atoms with Gasteiger partial charge in [-0.05, 0) is 111 Å². The maximum atomic E-state index is 14.6. The Kier molecular flexibility index (Phi) is 13.2. The van der Waals surface area contributed by atoms with Crippen LogP contribution in [0.4, 0.5) is 0 Å². The Bertz CT molecular complexity index is 1750. The largest absolute Gasteiger partial charge is 0.432 e. The van der Waals surface area contributed by atoms with Gasteiger partial charge in [0.1, 0.15) is 61.0 Å². The third-order valence-electron chi connectivity index (χ3n) is 19.1. The van der Waals surface area contributed by atoms with Crippen LogP contribution in [0.1, 0.15) is 113 Å². The van der Waals surface area contributed by atoms with E-state index in [9.17, 15) is 55.9 Å². The predicted octanol–water partition coefficient (Wildman–Crippen LogP) is 0.780. The number of carbonyl (C=O) groups is 1. The minimum absolute atomic E-state index is 0.0302. The smallest absolute Gasteiger partial charge is 0.315 e. The molecule has 3 saturated heterocycles. The van der Waals surface area contributed by atoms with Crippen LogP contribution in [0.15, 0.2) is 11.6 Å². The van der Waals surface area contributed by atoms with Crippen molar-refractivity contribution in [2.45, 2.75) is 205 Å². The summed E-state index contributed by atoms with van der Waals surface area (Å²) in [5, 5.41) is 106. The number of aliphatic hydroxyl groups excluding tert-OH is 10. The fourth-order valence-electron chi connectivity index (χ4n) is 14.8. The maximum absolute atomic E-state index is 14.6. The first-order chi connectivity index (χ1) is 30.0. The number of ether oxygens (including phenoxy) is 6. The second-order valence-electron chi connectivity index (χ2n) is 22.8. The highest BCUT2D eigenvalue weighted by molar-refractivity contribution is 5.79. The Morgan fingerprint density at radius 3 is 1.95 bits per heavy atom. The lowest BCUT2D eigenvalue weighted by atomic mass is 9.33. The number of aliphatic hydroxyl groups is 10. The number of rotatable bonds is 9. The molecule has 23 atom stereocenters. The average molecular weight is 913 g/mol. The van der Waals surface area contributed by atoms with Crippen LogP contribution in [0.2, 0.25) is 0 Å². The minimum atomic E-state index is -1.66. The van der Waals surface area contributed by atoms with Crippen molar-refractivity contribution in [3.8, 4) is 0 Å². The second-order valence-corrected chi connectivity index (χ2v) is 22.8. The Balaban J connectivity index is 1.06. The molecule has 0 spiro atoms. The Hall–Kier alpha value is -1.39. The molecule has 0 aromatic rings. The number of hydrogen-bond acceptors (Lipinski definition) is 17. The van der Waals surface area contributed by atoms with E-state index in [0.717, 1.165) is 44.9 Å². The molecule has 7 fully saturated rings. The number of fused-ring (bicyclic) bond motifs is 7. The second kappa shape index (κ2) is 17.2. The van der Waals surface area contributed by atoms with Crippen molar-refractivity contribution in [2.24, 2.45) is 50.2 Å². The van der Waals surface area contributed by atoms with Crippen molar-refractivity contribution >= 4 is 5.97 Å². The zero-order valence-corrected chi connectivity index (χ0v) is 38.5. The van der Waals surface area contributed by atoms with Crippen LogP contribution in [0.25, 0.3) is 0 Å². The molecule has 8 rings (SSSR count). The summed E-state index contributed by atoms with van der Waals surface area (Å²) >= 11 is 0. The molecule has 3 aliphatic heterocycles. The summed E-state index contributed by atoms with van der Waals surface area (Å²) in [5.74, 6) is -0.392. The van der Waals surface area contributed by atoms with Crippen molar-refractivity contribution in [1.29, 1.82) is 0 Å². The molecule has 5 aliphatic carbocycles. The first-order valence-electron chi connectivity index (χ1n) is 23.7. The van der Waals surface area contributed by atoms with Crippen LogP contribution in [0, 0.1) is 50.2 Å². The summed E-state index contributed by atoms with van der Waals surface area (Å²) < 4.78 is 36.1. The zero-order valence-electron chi connectivity index (χ0n) is 38.5. The molecule has 3 unspecified atom stereocenters. The number of allylic oxidation sites excluding steroid dienone is 2. The van der Waals surface area contributed by atoms with Crippen molar-refractivity contribution < 1.29 is 84.3 Å². The van der Waals surface area contributed by atoms with Gasteiger partial charge in [-0.1, -0.05) is 53.2 Å². The van der Waals surface area contributed by atoms with Crippen LogP contribution in [-0.2, 0) is 33.2 Å². The summed E-state index contributed by atoms with van der Waals surface area (Å²) in [7, 11) is 0. The first kappa shape index (κ1) is 49.0. The van der Waals surface area contributed by atoms with Crippen LogP contribution in [0.5, 0.6) is 0 Å². The topological polar surface area (TPSA) is 275 Å². The van der Waals surface area contributed by atoms with Gasteiger partial charge in [-0.15, -0.1) is 0 Å². The van der Waals surface area contributed by atoms with Gasteiger partial charge in [-0.2, -0.15) is 0 Å². The summed E-state index contributed by atoms with van der Waals surface area (Å²) in [4.78, 5) is 14.6. The van der Waals surface area contributed by atoms with Crippen molar-refractivity contribution in [1.82, 2.24) is 0 Å². The van der Waals surface area contributed by atoms with Crippen molar-refractivity contribution in [2.75, 3.05) is 19.8 Å². The first-order valence-corrected chi connectivity index (χ1v) is 23.7. The summed E-state index contributed by atoms with van der Waals surface area (Å²) in [6.07, 6.45) is -10.8. The molecular formula is C47H76O17. The van der Waals surface area contributed by atoms with Crippen molar-refractivity contribution in [3.63, 3.8) is 0 Å². The zero-order chi connectivity index (χ0) is 46.7. The van der Waals surface area contributed by atoms with E-state index in [4.69, 9.17) is 28.4 Å². The molecular weight excluding hydrogens is 836 g/mol. The van der Waals surface area contributed by atoms with E-state index >= 15 is 0 Å². The fraction of sp³-hybridized carbons (Fsp3) is 0.936. The van der Waals surface area contributed by atoms with E-state index in [2.05, 4.69) is 40.7 Å². The van der Waals surface area contributed by atoms with E-state index < -0.39 is 122 Å². The van der Waals surface area contributed by atoms with E-state index in [1.807, 2.05) is 6.92 Å². The van der Waals surface area contributed by atoms with Crippen molar-refractivity contribution in [3.05, 3.63) is 11.6 Å². The van der Waals surface area contributed by atoms with Crippen LogP contribution in [0.3, 0.4) is 0 Å². The van der Waals surface area contributed by atoms with E-state index in [1.54, 1.807) is 6.92 Å². The third kappa shape index (κ3) is 7.40. The van der Waals surface area contributed by atoms with Crippen LogP contribution in [-0.4, -0.2) is 169 Å². The quantitative estimate of drug-likeness (QED) is 0.0870. The normalized spacial score (nSPS) is 54.7. The number of hydrogen-bond donors (Lipinski definition) is 10. The van der Waals surface area contributed by atoms with E-state index in [0.29, 0.717) is 19.3 Å². The van der Waals surface area contributed by atoms with Crippen LogP contribution < -0.4 is 0 Å². The highest BCUT2D eigenvalue weighted by Crippen LogP contribution is 2.76. The molecule has 0 bridgehead atoms. The molecule has 3 heterocycles. The van der Waals surface area contributed by atoms with Crippen LogP contribution >= 0.6 is 0 Å². The number of esters is 1. The van der Waals surface area contributed by atoms with Gasteiger partial charge in [-0.3, -0.25) is 4.79 Å². The molecule has 17 nitrogen and oxygen atoms in total. The van der Waals surface area contributed by atoms with Gasteiger partial charge >= 0.3 is 5.97 Å². The standard InChI is InChI=1S/C47H76O17/c1-22-30(51)33(54)36(57)38(59-22)64-41(58)47-16-14-42(2,3)18-24(47)23-8-9-28-43(4)12-11-29(44(5,21-50)27(43)10-13-46(28,7)45(23,6)15-17-47)62-40-37(34(55)31(52)25(19-48)61-40)63-39-35(56)32(53)26(20-49)60-39/h8,22,24-40,48-57H,9-21H2,1-7H3/t22-,24?,25+,26-,27?,28?,29-,30-,31+,32-,33+,34-,35+,36+,37+,38-,39-,40-,43-,44-,45+,46+,47-/m0/s1. The van der Waals surface area contributed by atoms with Gasteiger partial charge in [0.25, 0.3) is 0 Å². The lowest BCUT2D eigenvalue weighted by Crippen LogP contribution is -2.67. The fourth-order valence-corrected chi connectivity index (χ4v) is 14.8. The molecule has 17 heteroatoms. The van der Waals surface area contributed by atoms with Gasteiger partial charge < -0.3 is 79.5 Å². The molecule has 4 saturated carbocycles. The molecule has 0 aromatic carbocycles. The van der Waals surface area contributed by atoms with E-state index in [1.165, 1.54) is 5.57 Å². The lowest BCUT2D eigenvalue weighted by Gasteiger charge is -2.71. The lowest BCUT2D eigenvalue weighted by molar-refractivity contribution is -0.358. The molecule has 64 heavy (non-hydrogen) atoms. The minimum Gasteiger partial charge on any atom is -0.432 e. The predicted molar refractivity (Wildman–Crippen MR) is 224 cm³/mol. The highest BCUT2D eigenvalue weighted by Gasteiger charge is 2.70. The summed E-state index contributed by atoms with van der Waals surface area (Å²) in [5.41, 5.74) is -1.18. The average Bonchev–Trinajstić information content (AvgIpc) is 3.53. The molecule has 0 amide bonds. The van der Waals surface area contributed by atoms with Gasteiger partial charge in [0.2, 0.25) is 6.29 Å². The maximum Gasteiger partial charge on any atom is 0.315 e. The summed E-state index contributed by atoms with van der Waals surface area (Å²) in [6, 6.07) is 0. The molecule has 8 aliphatic rings. The SMILES string of the molecule is C[C@@H]1O[C@@H](OC(=O)[C@]23CCC(C)(C)CC2C2=CCC4[C@@]5(C)CC[C@H](O[C@@H]6O[C@H](CO)[C@@H](O)[C@H](O)[C@H]6O[C@@H]6O[C@@H](CO)[C@H](O)[C@H]6O)[C@@](C)(CO)C5CC[C@@]4(C)[C@]2(C)CC3)[C@H](O)[C@H](O)[C@H]1O. The molecule has 0 radical (unpaired) electrons. The third-order valence-corrected chi connectivity index (χ3v) is 19.1. The Morgan fingerprint density at radius 2 is 1.30 bits per heavy atom. The van der Waals surface area contributed by atoms with Gasteiger partial charge in [0, 0.05) is 5.41 Å².